The fourth-order valence-corrected chi connectivity index (χ4v) is 2.32. The standard InChI is InChI=1S/C17H18FNO2/c1-2-19(15-10-6-9-14(18)11-15)12-16(17(20)21)13-7-4-3-5-8-13/h3-11,16H,2,12H2,1H3,(H,20,21). The Morgan fingerprint density at radius 3 is 2.48 bits per heavy atom. The first-order valence-electron chi connectivity index (χ1n) is 6.90. The van der Waals surface area contributed by atoms with Crippen LogP contribution in [-0.2, 0) is 4.79 Å². The molecule has 0 aliphatic rings. The largest absolute Gasteiger partial charge is 0.481 e. The number of halogens is 1. The Kier molecular flexibility index (Phi) is 4.93. The number of hydrogen-bond donors (Lipinski definition) is 1. The summed E-state index contributed by atoms with van der Waals surface area (Å²) >= 11 is 0. The molecule has 0 amide bonds. The normalized spacial score (nSPS) is 11.9. The van der Waals surface area contributed by atoms with Crippen LogP contribution in [0.3, 0.4) is 0 Å². The molecule has 3 nitrogen and oxygen atoms in total. The lowest BCUT2D eigenvalue weighted by Gasteiger charge is -2.26. The van der Waals surface area contributed by atoms with Crippen molar-refractivity contribution in [1.29, 1.82) is 0 Å². The number of anilines is 1. The number of rotatable bonds is 6. The van der Waals surface area contributed by atoms with Crippen LogP contribution in [0.2, 0.25) is 0 Å². The Morgan fingerprint density at radius 1 is 1.19 bits per heavy atom. The van der Waals surface area contributed by atoms with E-state index >= 15 is 0 Å². The van der Waals surface area contributed by atoms with Gasteiger partial charge in [0, 0.05) is 18.8 Å². The number of carbonyl (C=O) groups is 1. The maximum absolute atomic E-state index is 13.3. The van der Waals surface area contributed by atoms with Crippen molar-refractivity contribution in [2.24, 2.45) is 0 Å². The minimum atomic E-state index is -0.879. The van der Waals surface area contributed by atoms with Gasteiger partial charge < -0.3 is 10.0 Å². The van der Waals surface area contributed by atoms with Gasteiger partial charge in [-0.05, 0) is 30.7 Å². The van der Waals surface area contributed by atoms with Crippen molar-refractivity contribution < 1.29 is 14.3 Å². The summed E-state index contributed by atoms with van der Waals surface area (Å²) in [6.07, 6.45) is 0. The van der Waals surface area contributed by atoms with Crippen molar-refractivity contribution in [3.8, 4) is 0 Å². The predicted molar refractivity (Wildman–Crippen MR) is 81.1 cm³/mol. The van der Waals surface area contributed by atoms with E-state index in [1.807, 2.05) is 30.0 Å². The highest BCUT2D eigenvalue weighted by atomic mass is 19.1. The average molecular weight is 287 g/mol. The zero-order chi connectivity index (χ0) is 15.2. The van der Waals surface area contributed by atoms with Crippen LogP contribution >= 0.6 is 0 Å². The second kappa shape index (κ2) is 6.88. The van der Waals surface area contributed by atoms with E-state index in [1.54, 1.807) is 24.3 Å². The van der Waals surface area contributed by atoms with Crippen LogP contribution in [0.15, 0.2) is 54.6 Å². The molecule has 2 rings (SSSR count). The van der Waals surface area contributed by atoms with E-state index in [9.17, 15) is 14.3 Å². The molecule has 0 bridgehead atoms. The van der Waals surface area contributed by atoms with Crippen molar-refractivity contribution in [3.05, 3.63) is 66.0 Å². The summed E-state index contributed by atoms with van der Waals surface area (Å²) in [6.45, 7) is 2.84. The molecule has 0 spiro atoms. The molecule has 0 heterocycles. The van der Waals surface area contributed by atoms with Gasteiger partial charge in [-0.2, -0.15) is 0 Å². The molecule has 1 unspecified atom stereocenters. The van der Waals surface area contributed by atoms with Crippen LogP contribution in [-0.4, -0.2) is 24.2 Å². The van der Waals surface area contributed by atoms with Gasteiger partial charge in [-0.1, -0.05) is 36.4 Å². The third-order valence-electron chi connectivity index (χ3n) is 3.46. The molecule has 110 valence electrons. The molecule has 2 aromatic rings. The summed E-state index contributed by atoms with van der Waals surface area (Å²) in [5, 5.41) is 9.47. The van der Waals surface area contributed by atoms with Crippen LogP contribution < -0.4 is 4.90 Å². The molecule has 0 saturated carbocycles. The van der Waals surface area contributed by atoms with Crippen molar-refractivity contribution >= 4 is 11.7 Å². The van der Waals surface area contributed by atoms with Gasteiger partial charge in [0.15, 0.2) is 0 Å². The minimum Gasteiger partial charge on any atom is -0.481 e. The molecule has 1 atom stereocenters. The highest BCUT2D eigenvalue weighted by Gasteiger charge is 2.22. The summed E-state index contributed by atoms with van der Waals surface area (Å²) in [4.78, 5) is 13.4. The number of aliphatic carboxylic acids is 1. The number of carboxylic acid groups (broad SMARTS) is 1. The maximum atomic E-state index is 13.3. The average Bonchev–Trinajstić information content (AvgIpc) is 2.49. The molecule has 21 heavy (non-hydrogen) atoms. The SMILES string of the molecule is CCN(CC(C(=O)O)c1ccccc1)c1cccc(F)c1. The lowest BCUT2D eigenvalue weighted by atomic mass is 9.98. The quantitative estimate of drug-likeness (QED) is 0.883. The topological polar surface area (TPSA) is 40.5 Å². The number of benzene rings is 2. The first-order chi connectivity index (χ1) is 10.1. The Labute approximate surface area is 123 Å². The molecule has 4 heteroatoms. The van der Waals surface area contributed by atoms with Crippen LogP contribution in [0.4, 0.5) is 10.1 Å². The first kappa shape index (κ1) is 15.0. The predicted octanol–water partition coefficient (Wildman–Crippen LogP) is 3.52. The van der Waals surface area contributed by atoms with Gasteiger partial charge in [-0.3, -0.25) is 4.79 Å². The summed E-state index contributed by atoms with van der Waals surface area (Å²) in [7, 11) is 0. The third kappa shape index (κ3) is 3.81. The van der Waals surface area contributed by atoms with Crippen LogP contribution in [0.25, 0.3) is 0 Å². The van der Waals surface area contributed by atoms with E-state index in [4.69, 9.17) is 0 Å². The fraction of sp³-hybridized carbons (Fsp3) is 0.235. The van der Waals surface area contributed by atoms with Crippen LogP contribution in [0, 0.1) is 5.82 Å². The van der Waals surface area contributed by atoms with E-state index in [0.717, 1.165) is 5.56 Å². The van der Waals surface area contributed by atoms with E-state index in [-0.39, 0.29) is 5.82 Å². The maximum Gasteiger partial charge on any atom is 0.312 e. The number of likely N-dealkylation sites (N-methyl/N-ethyl adjacent to an activating group) is 1. The van der Waals surface area contributed by atoms with Crippen LogP contribution in [0.1, 0.15) is 18.4 Å². The molecule has 2 aromatic carbocycles. The lowest BCUT2D eigenvalue weighted by molar-refractivity contribution is -0.138. The Hall–Kier alpha value is -2.36. The molecule has 0 saturated heterocycles. The van der Waals surface area contributed by atoms with Gasteiger partial charge in [-0.25, -0.2) is 4.39 Å². The van der Waals surface area contributed by atoms with E-state index in [0.29, 0.717) is 18.8 Å². The highest BCUT2D eigenvalue weighted by molar-refractivity contribution is 5.77. The van der Waals surface area contributed by atoms with Gasteiger partial charge in [0.2, 0.25) is 0 Å². The minimum absolute atomic E-state index is 0.305. The first-order valence-corrected chi connectivity index (χ1v) is 6.90. The van der Waals surface area contributed by atoms with Gasteiger partial charge in [0.05, 0.1) is 5.92 Å². The Bertz CT molecular complexity index is 601. The van der Waals surface area contributed by atoms with Crippen molar-refractivity contribution in [1.82, 2.24) is 0 Å². The molecule has 0 aliphatic heterocycles. The fourth-order valence-electron chi connectivity index (χ4n) is 2.32. The van der Waals surface area contributed by atoms with Gasteiger partial charge >= 0.3 is 5.97 Å². The second-order valence-electron chi connectivity index (χ2n) is 4.82. The van der Waals surface area contributed by atoms with Crippen molar-refractivity contribution in [3.63, 3.8) is 0 Å². The van der Waals surface area contributed by atoms with Crippen molar-refractivity contribution in [2.75, 3.05) is 18.0 Å². The van der Waals surface area contributed by atoms with Gasteiger partial charge in [0.1, 0.15) is 5.82 Å². The summed E-state index contributed by atoms with van der Waals surface area (Å²) in [5.41, 5.74) is 1.44. The van der Waals surface area contributed by atoms with Gasteiger partial charge in [0.25, 0.3) is 0 Å². The smallest absolute Gasteiger partial charge is 0.312 e. The highest BCUT2D eigenvalue weighted by Crippen LogP contribution is 2.22. The molecule has 0 aromatic heterocycles. The zero-order valence-corrected chi connectivity index (χ0v) is 11.9. The number of nitrogens with zero attached hydrogens (tertiary/aromatic N) is 1. The van der Waals surface area contributed by atoms with Gasteiger partial charge in [-0.15, -0.1) is 0 Å². The lowest BCUT2D eigenvalue weighted by Crippen LogP contribution is -2.32. The molecule has 1 N–H and O–H groups in total. The Balaban J connectivity index is 2.24. The molecular weight excluding hydrogens is 269 g/mol. The second-order valence-corrected chi connectivity index (χ2v) is 4.82. The molecule has 0 fully saturated rings. The molecular formula is C17H18FNO2. The summed E-state index contributed by atoms with van der Waals surface area (Å²) in [6, 6.07) is 15.3. The summed E-state index contributed by atoms with van der Waals surface area (Å²) < 4.78 is 13.3. The number of carboxylic acids is 1. The van der Waals surface area contributed by atoms with E-state index in [2.05, 4.69) is 0 Å². The summed E-state index contributed by atoms with van der Waals surface area (Å²) in [5.74, 6) is -1.84. The molecule has 0 radical (unpaired) electrons. The molecule has 0 aliphatic carbocycles. The monoisotopic (exact) mass is 287 g/mol. The van der Waals surface area contributed by atoms with E-state index < -0.39 is 11.9 Å². The van der Waals surface area contributed by atoms with E-state index in [1.165, 1.54) is 12.1 Å². The van der Waals surface area contributed by atoms with Crippen molar-refractivity contribution in [2.45, 2.75) is 12.8 Å². The van der Waals surface area contributed by atoms with Crippen LogP contribution in [0.5, 0.6) is 0 Å². The zero-order valence-electron chi connectivity index (χ0n) is 11.9. The third-order valence-corrected chi connectivity index (χ3v) is 3.46. The Morgan fingerprint density at radius 2 is 1.90 bits per heavy atom. The number of hydrogen-bond acceptors (Lipinski definition) is 2.